The Labute approximate surface area is 567 Å². The van der Waals surface area contributed by atoms with Crippen molar-refractivity contribution in [3.63, 3.8) is 0 Å². The minimum atomic E-state index is -2.30. The number of aliphatic hydroxyl groups excluding tert-OH is 24. The van der Waals surface area contributed by atoms with Crippen LogP contribution in [-0.2, 0) is 80.6 Å². The predicted molar refractivity (Wildman–Crippen MR) is 309 cm³/mol. The van der Waals surface area contributed by atoms with Crippen LogP contribution in [-0.4, -0.2) is 433 Å². The van der Waals surface area contributed by atoms with Gasteiger partial charge in [0.25, 0.3) is 0 Å². The average molecular weight is 1470 g/mol. The molecule has 100 heavy (non-hydrogen) atoms. The third kappa shape index (κ3) is 17.8. The lowest BCUT2D eigenvalue weighted by Gasteiger charge is -2.50. The molecular weight excluding hydrogens is 1370 g/mol. The second-order valence-electron chi connectivity index (χ2n) is 25.9. The number of aliphatic hydroxyl groups is 24. The van der Waals surface area contributed by atoms with Gasteiger partial charge in [-0.15, -0.1) is 0 Å². The first-order valence-electron chi connectivity index (χ1n) is 32.9. The van der Waals surface area contributed by atoms with Crippen molar-refractivity contribution in [2.45, 2.75) is 291 Å². The van der Waals surface area contributed by atoms with Crippen LogP contribution in [0, 0.1) is 0 Å². The Hall–Kier alpha value is -2.62. The predicted octanol–water partition coefficient (Wildman–Crippen LogP) is -16.5. The van der Waals surface area contributed by atoms with Gasteiger partial charge >= 0.3 is 0 Å². The highest BCUT2D eigenvalue weighted by Gasteiger charge is 2.60. The summed E-state index contributed by atoms with van der Waals surface area (Å²) in [5.41, 5.74) is 0. The van der Waals surface area contributed by atoms with Gasteiger partial charge in [0.05, 0.1) is 46.2 Å². The first kappa shape index (κ1) is 81.5. The second-order valence-corrected chi connectivity index (χ2v) is 25.9. The topological polar surface area (TPSA) is 682 Å². The quantitative estimate of drug-likeness (QED) is 0.0567. The van der Waals surface area contributed by atoms with Gasteiger partial charge in [0, 0.05) is 19.4 Å². The summed E-state index contributed by atoms with van der Waals surface area (Å²) in [7, 11) is 0. The SMILES string of the molecule is O=C(CCCCCCCC(=O)NC1OC(CO)C(O)C(O)C1O)NCC1OC2OC3C(CO)OC(OC4C(CO)OC(OC5C(CO)OC(OC6C(CO)OC(OC7C(CO)OC(OC8C(CO)OC(OC1C(O)C2O)C(O)C8O)C(O)C7O)C(O)C6O)C(O)C5O)C(O)C4O)C(O)C3O. The van der Waals surface area contributed by atoms with Crippen LogP contribution >= 0.6 is 0 Å². The maximum absolute atomic E-state index is 13.5. The van der Waals surface area contributed by atoms with Gasteiger partial charge in [-0.3, -0.25) is 9.59 Å². The van der Waals surface area contributed by atoms with Crippen LogP contribution < -0.4 is 10.6 Å². The van der Waals surface area contributed by atoms with Gasteiger partial charge in [0.1, 0.15) is 195 Å². The van der Waals surface area contributed by atoms with E-state index in [0.29, 0.717) is 25.7 Å². The van der Waals surface area contributed by atoms with E-state index in [2.05, 4.69) is 10.6 Å². The molecule has 0 aliphatic carbocycles. The largest absolute Gasteiger partial charge is 0.394 e. The van der Waals surface area contributed by atoms with Crippen LogP contribution in [0.25, 0.3) is 0 Å². The summed E-state index contributed by atoms with van der Waals surface area (Å²) in [4.78, 5) is 26.1. The first-order valence-corrected chi connectivity index (χ1v) is 32.9. The lowest BCUT2D eigenvalue weighted by molar-refractivity contribution is -0.396. The van der Waals surface area contributed by atoms with Crippen LogP contribution in [0.3, 0.4) is 0 Å². The van der Waals surface area contributed by atoms with Gasteiger partial charge in [-0.05, 0) is 12.8 Å². The molecule has 22 aliphatic heterocycles. The van der Waals surface area contributed by atoms with Gasteiger partial charge in [-0.1, -0.05) is 19.3 Å². The third-order valence-corrected chi connectivity index (χ3v) is 19.1. The van der Waals surface area contributed by atoms with Crippen LogP contribution in [0.1, 0.15) is 44.9 Å². The Morgan fingerprint density at radius 3 is 0.720 bits per heavy atom. The molecule has 22 fully saturated rings. The van der Waals surface area contributed by atoms with Crippen molar-refractivity contribution in [1.82, 2.24) is 10.6 Å². The summed E-state index contributed by atoms with van der Waals surface area (Å²) in [6.45, 7) is -7.89. The van der Waals surface area contributed by atoms with E-state index < -0.39 is 310 Å². The van der Waals surface area contributed by atoms with Crippen molar-refractivity contribution >= 4 is 11.8 Å². The molecule has 22 rings (SSSR count). The fourth-order valence-electron chi connectivity index (χ4n) is 13.3. The Kier molecular flexibility index (Phi) is 29.6. The van der Waals surface area contributed by atoms with Gasteiger partial charge < -0.3 is 204 Å². The van der Waals surface area contributed by atoms with Crippen LogP contribution in [0.4, 0.5) is 0 Å². The van der Waals surface area contributed by atoms with E-state index >= 15 is 0 Å². The fourth-order valence-corrected chi connectivity index (χ4v) is 13.3. The normalized spacial score (nSPS) is 49.9. The van der Waals surface area contributed by atoms with Crippen molar-refractivity contribution in [2.75, 3.05) is 52.8 Å². The molecule has 43 heteroatoms. The number of hydrogen-bond donors (Lipinski definition) is 26. The van der Waals surface area contributed by atoms with Crippen molar-refractivity contribution in [2.24, 2.45) is 0 Å². The van der Waals surface area contributed by atoms with E-state index in [9.17, 15) is 132 Å². The zero-order valence-electron chi connectivity index (χ0n) is 53.4. The number of unbranched alkanes of at least 4 members (excludes halogenated alkanes) is 4. The fraction of sp³-hybridized carbons (Fsp3) is 0.965. The Balaban J connectivity index is 0.930. The summed E-state index contributed by atoms with van der Waals surface area (Å²) in [5.74, 6) is -1.21. The molecule has 2 amide bonds. The number of nitrogens with one attached hydrogen (secondary N) is 2. The average Bonchev–Trinajstić information content (AvgIpc) is 0.777. The van der Waals surface area contributed by atoms with E-state index in [1.54, 1.807) is 0 Å². The highest BCUT2D eigenvalue weighted by molar-refractivity contribution is 5.76. The second kappa shape index (κ2) is 36.3. The van der Waals surface area contributed by atoms with Crippen molar-refractivity contribution in [1.29, 1.82) is 0 Å². The van der Waals surface area contributed by atoms with Gasteiger partial charge in [0.15, 0.2) is 50.3 Å². The molecule has 0 saturated carbocycles. The number of hydrogen-bond acceptors (Lipinski definition) is 41. The molecule has 22 heterocycles. The number of carbonyl (C=O) groups is 2. The van der Waals surface area contributed by atoms with Crippen molar-refractivity contribution < 1.29 is 203 Å². The van der Waals surface area contributed by atoms with Crippen molar-refractivity contribution in [3.05, 3.63) is 0 Å². The van der Waals surface area contributed by atoms with Gasteiger partial charge in [0.2, 0.25) is 11.8 Å². The summed E-state index contributed by atoms with van der Waals surface area (Å²) in [6.07, 6.45) is -78.1. The summed E-state index contributed by atoms with van der Waals surface area (Å²) in [5, 5.41) is 269. The third-order valence-electron chi connectivity index (χ3n) is 19.1. The summed E-state index contributed by atoms with van der Waals surface area (Å²) < 4.78 is 86.5. The molecule has 43 nitrogen and oxygen atoms in total. The molecule has 40 unspecified atom stereocenters. The van der Waals surface area contributed by atoms with E-state index in [0.717, 1.165) is 0 Å². The molecule has 26 N–H and O–H groups in total. The molecule has 40 atom stereocenters. The van der Waals surface area contributed by atoms with Crippen LogP contribution in [0.5, 0.6) is 0 Å². The van der Waals surface area contributed by atoms with Gasteiger partial charge in [-0.25, -0.2) is 0 Å². The number of carbonyl (C=O) groups excluding carboxylic acids is 2. The maximum Gasteiger partial charge on any atom is 0.222 e. The first-order chi connectivity index (χ1) is 47.6. The Morgan fingerprint density at radius 2 is 0.460 bits per heavy atom. The molecule has 14 bridgehead atoms. The van der Waals surface area contributed by atoms with E-state index in [4.69, 9.17) is 71.1 Å². The smallest absolute Gasteiger partial charge is 0.222 e. The lowest BCUT2D eigenvalue weighted by Crippen LogP contribution is -2.68. The molecule has 0 aromatic heterocycles. The number of amides is 2. The maximum atomic E-state index is 13.5. The summed E-state index contributed by atoms with van der Waals surface area (Å²) >= 11 is 0. The summed E-state index contributed by atoms with van der Waals surface area (Å²) in [6, 6.07) is 0. The van der Waals surface area contributed by atoms with Crippen LogP contribution in [0.15, 0.2) is 0 Å². The molecular formula is C57H96N2O41. The van der Waals surface area contributed by atoms with E-state index in [1.165, 1.54) is 0 Å². The van der Waals surface area contributed by atoms with E-state index in [1.807, 2.05) is 0 Å². The minimum Gasteiger partial charge on any atom is -0.394 e. The molecule has 0 aromatic rings. The van der Waals surface area contributed by atoms with Crippen LogP contribution in [0.2, 0.25) is 0 Å². The monoisotopic (exact) mass is 1460 g/mol. The molecule has 580 valence electrons. The Bertz CT molecular complexity index is 2500. The molecule has 0 spiro atoms. The highest BCUT2D eigenvalue weighted by Crippen LogP contribution is 2.39. The molecule has 0 radical (unpaired) electrons. The molecule has 22 aliphatic rings. The minimum absolute atomic E-state index is 0.0484. The number of ether oxygens (including phenoxy) is 15. The Morgan fingerprint density at radius 1 is 0.230 bits per heavy atom. The standard InChI is InChI=1S/C57H96N2O41/c60-9-17-26(69)27(70)35(78)50(86-17)59-25(68)7-5-3-1-2-4-6-24(67)58-8-16-43-28(71)36(79)51(87-16)95-44-18(10-61)89-53(38(81)30(44)73)97-46-20(12-63)91-55(40(83)32(46)75)99-48-22(14-65)93-57(42(85)34(48)77)100-49-23(15-66)92-56(41(84)33(49)76)98-47-21(13-64)90-54(39(82)31(47)74)96-45-19(11-62)88-52(94-43)37(80)29(45)72/h16-23,26-57,60-66,69-85H,1-15H2,(H,58,67)(H,59,68). The zero-order chi connectivity index (χ0) is 72.9. The molecule has 22 saturated heterocycles. The number of rotatable bonds is 18. The molecule has 0 aromatic carbocycles. The van der Waals surface area contributed by atoms with E-state index in [-0.39, 0.29) is 19.3 Å². The van der Waals surface area contributed by atoms with Crippen molar-refractivity contribution in [3.8, 4) is 0 Å². The highest BCUT2D eigenvalue weighted by atomic mass is 16.8. The lowest BCUT2D eigenvalue weighted by atomic mass is 9.95. The van der Waals surface area contributed by atoms with Gasteiger partial charge in [-0.2, -0.15) is 0 Å². The zero-order valence-corrected chi connectivity index (χ0v) is 53.4.